The molecule has 1 radical (unpaired) electrons. The zero-order valence-electron chi connectivity index (χ0n) is 7.60. The third-order valence-electron chi connectivity index (χ3n) is 1.96. The molecule has 14 heavy (non-hydrogen) atoms. The molecule has 1 aromatic carbocycles. The van der Waals surface area contributed by atoms with Gasteiger partial charge in [-0.2, -0.15) is 0 Å². The minimum Gasteiger partial charge on any atom is -0.258 e. The Balaban J connectivity index is 3.53. The second-order valence-corrected chi connectivity index (χ2v) is 2.81. The lowest BCUT2D eigenvalue weighted by atomic mass is 10.1. The van der Waals surface area contributed by atoms with Crippen molar-refractivity contribution in [2.75, 3.05) is 0 Å². The molecule has 6 nitrogen and oxygen atoms in total. The van der Waals surface area contributed by atoms with E-state index in [1.165, 1.54) is 13.0 Å². The van der Waals surface area contributed by atoms with Gasteiger partial charge in [-0.15, -0.1) is 0 Å². The average Bonchev–Trinajstić information content (AvgIpc) is 2.08. The summed E-state index contributed by atoms with van der Waals surface area (Å²) in [5, 5.41) is 21.0. The van der Waals surface area contributed by atoms with Gasteiger partial charge in [0.05, 0.1) is 15.9 Å². The van der Waals surface area contributed by atoms with Crippen molar-refractivity contribution in [3.05, 3.63) is 43.5 Å². The first-order chi connectivity index (χ1) is 6.45. The Morgan fingerprint density at radius 2 is 1.79 bits per heavy atom. The molecule has 0 aliphatic heterocycles. The quantitative estimate of drug-likeness (QED) is 0.532. The maximum absolute atomic E-state index is 10.6. The molecule has 0 atom stereocenters. The van der Waals surface area contributed by atoms with Gasteiger partial charge in [0, 0.05) is 5.56 Å². The summed E-state index contributed by atoms with van der Waals surface area (Å²) in [4.78, 5) is 19.5. The highest BCUT2D eigenvalue weighted by molar-refractivity contribution is 5.58. The fraction of sp³-hybridized carbons (Fsp3) is 0.250. The second kappa shape index (κ2) is 3.41. The second-order valence-electron chi connectivity index (χ2n) is 2.81. The van der Waals surface area contributed by atoms with Gasteiger partial charge < -0.3 is 0 Å². The maximum atomic E-state index is 10.6. The largest absolute Gasteiger partial charge is 0.354 e. The predicted octanol–water partition coefficient (Wildman–Crippen LogP) is 1.92. The molecule has 1 rings (SSSR count). The number of aryl methyl sites for hydroxylation is 1. The average molecular weight is 195 g/mol. The number of benzene rings is 1. The first-order valence-corrected chi connectivity index (χ1v) is 3.75. The van der Waals surface area contributed by atoms with Crippen molar-refractivity contribution in [1.29, 1.82) is 0 Å². The van der Waals surface area contributed by atoms with Gasteiger partial charge in [0.25, 0.3) is 0 Å². The number of hydrogen-bond donors (Lipinski definition) is 0. The van der Waals surface area contributed by atoms with Crippen molar-refractivity contribution >= 4 is 11.4 Å². The van der Waals surface area contributed by atoms with E-state index in [1.807, 2.05) is 0 Å². The summed E-state index contributed by atoms with van der Waals surface area (Å²) in [6, 6.07) is 3.66. The van der Waals surface area contributed by atoms with E-state index < -0.39 is 21.2 Å². The summed E-state index contributed by atoms with van der Waals surface area (Å²) in [5.74, 6) is 0. The number of nitro groups is 2. The standard InChI is InChI=1S/C8H7N2O4/c1-5-3-4-7(9(11)12)8(6(5)2)10(13)14/h3H,1-2H3. The van der Waals surface area contributed by atoms with Crippen LogP contribution in [-0.2, 0) is 0 Å². The number of hydrogen-bond acceptors (Lipinski definition) is 4. The van der Waals surface area contributed by atoms with Gasteiger partial charge in [-0.3, -0.25) is 20.2 Å². The fourth-order valence-corrected chi connectivity index (χ4v) is 1.08. The molecule has 0 fully saturated rings. The highest BCUT2D eigenvalue weighted by Crippen LogP contribution is 2.31. The molecule has 0 bridgehead atoms. The smallest absolute Gasteiger partial charge is 0.258 e. The van der Waals surface area contributed by atoms with Crippen LogP contribution in [-0.4, -0.2) is 9.85 Å². The van der Waals surface area contributed by atoms with Gasteiger partial charge in [0.2, 0.25) is 0 Å². The van der Waals surface area contributed by atoms with E-state index in [-0.39, 0.29) is 0 Å². The molecule has 0 amide bonds. The van der Waals surface area contributed by atoms with E-state index >= 15 is 0 Å². The van der Waals surface area contributed by atoms with Gasteiger partial charge >= 0.3 is 11.4 Å². The molecule has 0 saturated carbocycles. The van der Waals surface area contributed by atoms with Gasteiger partial charge in [-0.25, -0.2) is 0 Å². The van der Waals surface area contributed by atoms with E-state index in [0.717, 1.165) is 0 Å². The van der Waals surface area contributed by atoms with Gasteiger partial charge in [-0.05, 0) is 25.5 Å². The fourth-order valence-electron chi connectivity index (χ4n) is 1.08. The molecule has 6 heteroatoms. The van der Waals surface area contributed by atoms with Crippen molar-refractivity contribution in [2.24, 2.45) is 0 Å². The number of rotatable bonds is 2. The number of nitro benzene ring substituents is 2. The van der Waals surface area contributed by atoms with Crippen LogP contribution >= 0.6 is 0 Å². The van der Waals surface area contributed by atoms with Crippen LogP contribution in [0.4, 0.5) is 11.4 Å². The van der Waals surface area contributed by atoms with Crippen LogP contribution in [0.5, 0.6) is 0 Å². The van der Waals surface area contributed by atoms with Crippen LogP contribution in [0.3, 0.4) is 0 Å². The Hall–Kier alpha value is -1.98. The Morgan fingerprint density at radius 1 is 1.21 bits per heavy atom. The highest BCUT2D eigenvalue weighted by atomic mass is 16.6. The van der Waals surface area contributed by atoms with Crippen LogP contribution in [0.15, 0.2) is 6.07 Å². The van der Waals surface area contributed by atoms with Gasteiger partial charge in [0.1, 0.15) is 0 Å². The summed E-state index contributed by atoms with van der Waals surface area (Å²) in [5.41, 5.74) is -0.143. The van der Waals surface area contributed by atoms with Crippen LogP contribution < -0.4 is 0 Å². The summed E-state index contributed by atoms with van der Waals surface area (Å²) in [6.45, 7) is 3.12. The third kappa shape index (κ3) is 1.54. The molecule has 0 aliphatic carbocycles. The third-order valence-corrected chi connectivity index (χ3v) is 1.96. The first-order valence-electron chi connectivity index (χ1n) is 3.75. The molecule has 0 aromatic heterocycles. The van der Waals surface area contributed by atoms with E-state index in [1.54, 1.807) is 6.92 Å². The van der Waals surface area contributed by atoms with E-state index in [0.29, 0.717) is 11.1 Å². The highest BCUT2D eigenvalue weighted by Gasteiger charge is 2.27. The van der Waals surface area contributed by atoms with E-state index in [2.05, 4.69) is 6.07 Å². The Morgan fingerprint density at radius 3 is 2.21 bits per heavy atom. The van der Waals surface area contributed by atoms with Crippen LogP contribution in [0.25, 0.3) is 0 Å². The Bertz CT molecular complexity index is 414. The van der Waals surface area contributed by atoms with Gasteiger partial charge in [-0.1, -0.05) is 0 Å². The summed E-state index contributed by atoms with van der Waals surface area (Å²) in [7, 11) is 0. The molecular weight excluding hydrogens is 188 g/mol. The molecule has 0 N–H and O–H groups in total. The first kappa shape index (κ1) is 10.1. The lowest BCUT2D eigenvalue weighted by molar-refractivity contribution is -0.423. The molecule has 0 aliphatic rings. The topological polar surface area (TPSA) is 86.3 Å². The zero-order chi connectivity index (χ0) is 10.9. The van der Waals surface area contributed by atoms with Crippen molar-refractivity contribution in [3.63, 3.8) is 0 Å². The zero-order valence-corrected chi connectivity index (χ0v) is 7.60. The monoisotopic (exact) mass is 195 g/mol. The molecule has 0 spiro atoms. The minimum atomic E-state index is -0.801. The SMILES string of the molecule is Cc1c[c]c([N+](=O)[O-])c([N+](=O)[O-])c1C. The molecule has 1 aromatic rings. The minimum absolute atomic E-state index is 0.306. The summed E-state index contributed by atoms with van der Waals surface area (Å²) >= 11 is 0. The molecule has 73 valence electrons. The van der Waals surface area contributed by atoms with Crippen LogP contribution in [0.1, 0.15) is 11.1 Å². The predicted molar refractivity (Wildman–Crippen MR) is 48.1 cm³/mol. The van der Waals surface area contributed by atoms with Crippen molar-refractivity contribution in [1.82, 2.24) is 0 Å². The number of nitrogens with zero attached hydrogens (tertiary/aromatic N) is 2. The maximum Gasteiger partial charge on any atom is 0.354 e. The molecule has 0 unspecified atom stereocenters. The molecular formula is C8H7N2O4. The summed E-state index contributed by atoms with van der Waals surface area (Å²) < 4.78 is 0. The Labute approximate surface area is 79.5 Å². The van der Waals surface area contributed by atoms with E-state index in [9.17, 15) is 20.2 Å². The van der Waals surface area contributed by atoms with Gasteiger partial charge in [0.15, 0.2) is 0 Å². The van der Waals surface area contributed by atoms with Crippen molar-refractivity contribution in [2.45, 2.75) is 13.8 Å². The van der Waals surface area contributed by atoms with E-state index in [4.69, 9.17) is 0 Å². The normalized spacial score (nSPS) is 9.86. The molecule has 0 heterocycles. The lowest BCUT2D eigenvalue weighted by Gasteiger charge is -2.00. The van der Waals surface area contributed by atoms with Crippen molar-refractivity contribution in [3.8, 4) is 0 Å². The van der Waals surface area contributed by atoms with Crippen LogP contribution in [0.2, 0.25) is 0 Å². The lowest BCUT2D eigenvalue weighted by Crippen LogP contribution is -2.00. The van der Waals surface area contributed by atoms with Crippen LogP contribution in [0, 0.1) is 40.1 Å². The summed E-state index contributed by atoms with van der Waals surface area (Å²) in [6.07, 6.45) is 0. The molecule has 0 saturated heterocycles. The van der Waals surface area contributed by atoms with Crippen molar-refractivity contribution < 1.29 is 9.85 Å². The Kier molecular flexibility index (Phi) is 2.46.